The van der Waals surface area contributed by atoms with Crippen molar-refractivity contribution < 1.29 is 4.79 Å². The third kappa shape index (κ3) is 4.30. The molecule has 1 aliphatic rings. The molecule has 1 aromatic rings. The molecule has 1 fully saturated rings. The molecule has 0 atom stereocenters. The van der Waals surface area contributed by atoms with E-state index in [0.717, 1.165) is 32.7 Å². The van der Waals surface area contributed by atoms with Crippen molar-refractivity contribution >= 4 is 5.91 Å². The second-order valence-electron chi connectivity index (χ2n) is 5.57. The number of aromatic nitrogens is 3. The van der Waals surface area contributed by atoms with Crippen LogP contribution in [0.1, 0.15) is 26.2 Å². The van der Waals surface area contributed by atoms with Gasteiger partial charge < -0.3 is 9.80 Å². The van der Waals surface area contributed by atoms with Crippen LogP contribution in [0.15, 0.2) is 12.4 Å². The standard InChI is InChI=1S/C14H25N5O/c1-3-17(2)14(20)6-10-18-8-4-13(5-9-18)12-19-11-7-15-16-19/h7,11,13H,3-6,8-10,12H2,1-2H3. The average Bonchev–Trinajstić information content (AvgIpc) is 2.98. The Morgan fingerprint density at radius 2 is 2.15 bits per heavy atom. The fourth-order valence-corrected chi connectivity index (χ4v) is 2.61. The van der Waals surface area contributed by atoms with Crippen molar-refractivity contribution in [3.63, 3.8) is 0 Å². The summed E-state index contributed by atoms with van der Waals surface area (Å²) in [5.74, 6) is 0.930. The molecular weight excluding hydrogens is 254 g/mol. The van der Waals surface area contributed by atoms with Gasteiger partial charge in [0.25, 0.3) is 0 Å². The van der Waals surface area contributed by atoms with Gasteiger partial charge in [0.1, 0.15) is 0 Å². The van der Waals surface area contributed by atoms with Gasteiger partial charge in [-0.2, -0.15) is 0 Å². The van der Waals surface area contributed by atoms with Crippen molar-refractivity contribution in [3.8, 4) is 0 Å². The van der Waals surface area contributed by atoms with E-state index in [2.05, 4.69) is 15.2 Å². The molecule has 0 aliphatic carbocycles. The first-order chi connectivity index (χ1) is 9.69. The van der Waals surface area contributed by atoms with Crippen LogP contribution in [0.25, 0.3) is 0 Å². The third-order valence-corrected chi connectivity index (χ3v) is 4.17. The van der Waals surface area contributed by atoms with Gasteiger partial charge in [-0.25, -0.2) is 0 Å². The minimum Gasteiger partial charge on any atom is -0.346 e. The highest BCUT2D eigenvalue weighted by Gasteiger charge is 2.20. The first-order valence-corrected chi connectivity index (χ1v) is 7.49. The molecule has 20 heavy (non-hydrogen) atoms. The van der Waals surface area contributed by atoms with Gasteiger partial charge in [-0.15, -0.1) is 5.10 Å². The maximum atomic E-state index is 11.8. The molecule has 1 aliphatic heterocycles. The Labute approximate surface area is 120 Å². The highest BCUT2D eigenvalue weighted by atomic mass is 16.2. The van der Waals surface area contributed by atoms with E-state index in [4.69, 9.17) is 0 Å². The van der Waals surface area contributed by atoms with Gasteiger partial charge >= 0.3 is 0 Å². The zero-order valence-electron chi connectivity index (χ0n) is 12.5. The van der Waals surface area contributed by atoms with Gasteiger partial charge in [0.15, 0.2) is 0 Å². The topological polar surface area (TPSA) is 54.3 Å². The van der Waals surface area contributed by atoms with Crippen molar-refractivity contribution in [2.45, 2.75) is 32.7 Å². The van der Waals surface area contributed by atoms with E-state index >= 15 is 0 Å². The lowest BCUT2D eigenvalue weighted by Crippen LogP contribution is -2.38. The minimum atomic E-state index is 0.247. The Morgan fingerprint density at radius 1 is 1.40 bits per heavy atom. The molecule has 1 saturated heterocycles. The SMILES string of the molecule is CCN(C)C(=O)CCN1CCC(Cn2ccnn2)CC1. The Morgan fingerprint density at radius 3 is 2.75 bits per heavy atom. The van der Waals surface area contributed by atoms with E-state index < -0.39 is 0 Å². The van der Waals surface area contributed by atoms with Crippen LogP contribution in [-0.4, -0.2) is 63.9 Å². The summed E-state index contributed by atoms with van der Waals surface area (Å²) in [5, 5.41) is 7.86. The van der Waals surface area contributed by atoms with Crippen molar-refractivity contribution in [3.05, 3.63) is 12.4 Å². The van der Waals surface area contributed by atoms with E-state index in [0.29, 0.717) is 12.3 Å². The molecule has 2 rings (SSSR count). The van der Waals surface area contributed by atoms with Crippen LogP contribution in [0.2, 0.25) is 0 Å². The first kappa shape index (κ1) is 15.0. The summed E-state index contributed by atoms with van der Waals surface area (Å²) < 4.78 is 1.92. The lowest BCUT2D eigenvalue weighted by atomic mass is 9.97. The zero-order chi connectivity index (χ0) is 14.4. The largest absolute Gasteiger partial charge is 0.346 e. The summed E-state index contributed by atoms with van der Waals surface area (Å²) in [6.45, 7) is 6.82. The number of rotatable bonds is 6. The Kier molecular flexibility index (Phi) is 5.52. The molecule has 6 nitrogen and oxygen atoms in total. The van der Waals surface area contributed by atoms with Gasteiger partial charge in [-0.1, -0.05) is 5.21 Å². The monoisotopic (exact) mass is 279 g/mol. The number of amides is 1. The van der Waals surface area contributed by atoms with Crippen LogP contribution >= 0.6 is 0 Å². The van der Waals surface area contributed by atoms with E-state index in [9.17, 15) is 4.79 Å². The minimum absolute atomic E-state index is 0.247. The highest BCUT2D eigenvalue weighted by molar-refractivity contribution is 5.75. The molecule has 0 radical (unpaired) electrons. The third-order valence-electron chi connectivity index (χ3n) is 4.17. The molecular formula is C14H25N5O. The Bertz CT molecular complexity index is 398. The summed E-state index contributed by atoms with van der Waals surface area (Å²) in [4.78, 5) is 16.0. The molecule has 6 heteroatoms. The summed E-state index contributed by atoms with van der Waals surface area (Å²) >= 11 is 0. The molecule has 0 aromatic carbocycles. The number of nitrogens with zero attached hydrogens (tertiary/aromatic N) is 5. The summed E-state index contributed by atoms with van der Waals surface area (Å²) in [7, 11) is 1.87. The van der Waals surface area contributed by atoms with Gasteiger partial charge in [-0.3, -0.25) is 9.48 Å². The lowest BCUT2D eigenvalue weighted by molar-refractivity contribution is -0.130. The van der Waals surface area contributed by atoms with E-state index in [-0.39, 0.29) is 5.91 Å². The van der Waals surface area contributed by atoms with E-state index in [1.807, 2.05) is 24.9 Å². The second kappa shape index (κ2) is 7.38. The summed E-state index contributed by atoms with van der Waals surface area (Å²) in [6.07, 6.45) is 6.64. The maximum Gasteiger partial charge on any atom is 0.223 e. The lowest BCUT2D eigenvalue weighted by Gasteiger charge is -2.31. The van der Waals surface area contributed by atoms with Crippen molar-refractivity contribution in [2.24, 2.45) is 5.92 Å². The Balaban J connectivity index is 1.65. The van der Waals surface area contributed by atoms with Gasteiger partial charge in [0.05, 0.1) is 6.20 Å². The molecule has 0 saturated carbocycles. The van der Waals surface area contributed by atoms with Gasteiger partial charge in [0, 0.05) is 39.3 Å². The van der Waals surface area contributed by atoms with Crippen LogP contribution in [0.4, 0.5) is 0 Å². The molecule has 0 N–H and O–H groups in total. The molecule has 2 heterocycles. The van der Waals surface area contributed by atoms with Crippen LogP contribution in [0.5, 0.6) is 0 Å². The Hall–Kier alpha value is -1.43. The predicted molar refractivity (Wildman–Crippen MR) is 77.1 cm³/mol. The number of hydrogen-bond donors (Lipinski definition) is 0. The van der Waals surface area contributed by atoms with Crippen molar-refractivity contribution in [2.75, 3.05) is 33.2 Å². The quantitative estimate of drug-likeness (QED) is 0.775. The smallest absolute Gasteiger partial charge is 0.223 e. The number of hydrogen-bond acceptors (Lipinski definition) is 4. The molecule has 112 valence electrons. The normalized spacial score (nSPS) is 17.3. The predicted octanol–water partition coefficient (Wildman–Crippen LogP) is 0.858. The number of piperidine rings is 1. The molecule has 0 unspecified atom stereocenters. The number of carbonyl (C=O) groups is 1. The fourth-order valence-electron chi connectivity index (χ4n) is 2.61. The van der Waals surface area contributed by atoms with E-state index in [1.165, 1.54) is 12.8 Å². The summed E-state index contributed by atoms with van der Waals surface area (Å²) in [5.41, 5.74) is 0. The van der Waals surface area contributed by atoms with Crippen LogP contribution < -0.4 is 0 Å². The van der Waals surface area contributed by atoms with E-state index in [1.54, 1.807) is 11.1 Å². The fraction of sp³-hybridized carbons (Fsp3) is 0.786. The maximum absolute atomic E-state index is 11.8. The first-order valence-electron chi connectivity index (χ1n) is 7.49. The van der Waals surface area contributed by atoms with Gasteiger partial charge in [-0.05, 0) is 38.8 Å². The summed E-state index contributed by atoms with van der Waals surface area (Å²) in [6, 6.07) is 0. The zero-order valence-corrected chi connectivity index (χ0v) is 12.5. The van der Waals surface area contributed by atoms with Crippen molar-refractivity contribution in [1.29, 1.82) is 0 Å². The highest BCUT2D eigenvalue weighted by Crippen LogP contribution is 2.18. The van der Waals surface area contributed by atoms with Crippen LogP contribution in [0, 0.1) is 5.92 Å². The van der Waals surface area contributed by atoms with Crippen molar-refractivity contribution in [1.82, 2.24) is 24.8 Å². The molecule has 0 spiro atoms. The van der Waals surface area contributed by atoms with Crippen LogP contribution in [-0.2, 0) is 11.3 Å². The average molecular weight is 279 g/mol. The molecule has 0 bridgehead atoms. The van der Waals surface area contributed by atoms with Crippen LogP contribution in [0.3, 0.4) is 0 Å². The molecule has 1 aromatic heterocycles. The number of likely N-dealkylation sites (tertiary alicyclic amines) is 1. The number of carbonyl (C=O) groups excluding carboxylic acids is 1. The van der Waals surface area contributed by atoms with Gasteiger partial charge in [0.2, 0.25) is 5.91 Å². The second-order valence-corrected chi connectivity index (χ2v) is 5.57. The molecule has 1 amide bonds.